The van der Waals surface area contributed by atoms with Crippen molar-refractivity contribution in [2.24, 2.45) is 0 Å². The summed E-state index contributed by atoms with van der Waals surface area (Å²) in [7, 11) is 0. The highest BCUT2D eigenvalue weighted by molar-refractivity contribution is 7.12. The first kappa shape index (κ1) is 84.6. The zero-order valence-electron chi connectivity index (χ0n) is 63.5. The molecule has 0 bridgehead atoms. The van der Waals surface area contributed by atoms with Gasteiger partial charge in [0.2, 0.25) is 0 Å². The first-order valence-corrected chi connectivity index (χ1v) is 36.9. The number of rotatable bonds is 16. The van der Waals surface area contributed by atoms with Crippen LogP contribution in [0.3, 0.4) is 0 Å². The molecule has 8 rings (SSSR count). The summed E-state index contributed by atoms with van der Waals surface area (Å²) >= 11 is 5.34. The van der Waals surface area contributed by atoms with Crippen LogP contribution in [0.2, 0.25) is 0 Å². The Balaban J connectivity index is 0.000000526. The number of hydrogen-bond acceptors (Lipinski definition) is 13. The van der Waals surface area contributed by atoms with Crippen LogP contribution in [-0.4, -0.2) is 55.3 Å². The molecule has 0 spiro atoms. The van der Waals surface area contributed by atoms with E-state index in [4.69, 9.17) is 0 Å². The van der Waals surface area contributed by atoms with Crippen molar-refractivity contribution in [3.63, 3.8) is 0 Å². The third-order valence-corrected chi connectivity index (χ3v) is 18.8. The fraction of sp³-hybridized carbons (Fsp3) is 0.615. The van der Waals surface area contributed by atoms with Crippen LogP contribution in [0, 0.1) is 0 Å². The highest BCUT2D eigenvalue weighted by Gasteiger charge is 2.13. The molecule has 0 saturated heterocycles. The number of nitrogens with one attached hydrogen (secondary N) is 1. The number of pyridine rings is 1. The molecule has 14 heteroatoms. The predicted octanol–water partition coefficient (Wildman–Crippen LogP) is 24.9. The van der Waals surface area contributed by atoms with Crippen molar-refractivity contribution >= 4 is 34.0 Å². The minimum atomic E-state index is 0.420. The highest BCUT2D eigenvalue weighted by atomic mass is 32.1. The molecule has 0 atom stereocenters. The Hall–Kier alpha value is -5.44. The molecule has 0 aliphatic heterocycles. The molecule has 0 amide bonds. The largest absolute Gasteiger partial charge is 0.282 e. The molecule has 92 heavy (non-hydrogen) atoms. The lowest BCUT2D eigenvalue weighted by Gasteiger charge is -2.09. The van der Waals surface area contributed by atoms with Crippen LogP contribution in [0.25, 0.3) is 0 Å². The summed E-state index contributed by atoms with van der Waals surface area (Å²) in [5.41, 5.74) is 12.5. The molecule has 0 fully saturated rings. The monoisotopic (exact) mass is 1310 g/mol. The van der Waals surface area contributed by atoms with E-state index in [0.29, 0.717) is 94.7 Å². The first-order valence-electron chi connectivity index (χ1n) is 34.4. The van der Waals surface area contributed by atoms with Crippen molar-refractivity contribution in [2.45, 2.75) is 316 Å². The fourth-order valence-electron chi connectivity index (χ4n) is 7.65. The van der Waals surface area contributed by atoms with E-state index in [0.717, 1.165) is 38.6 Å². The van der Waals surface area contributed by atoms with Crippen molar-refractivity contribution in [3.05, 3.63) is 172 Å². The Morgan fingerprint density at radius 2 is 0.750 bits per heavy atom. The third kappa shape index (κ3) is 32.6. The molecule has 0 aliphatic rings. The quantitative estimate of drug-likeness (QED) is 0.0992. The molecule has 0 unspecified atom stereocenters. The number of aromatic amines is 1. The Kier molecular flexibility index (Phi) is 40.0. The lowest BCUT2D eigenvalue weighted by atomic mass is 9.96. The van der Waals surface area contributed by atoms with Gasteiger partial charge in [0, 0.05) is 88.4 Å². The van der Waals surface area contributed by atoms with Crippen LogP contribution < -0.4 is 0 Å². The molecule has 512 valence electrons. The summed E-state index contributed by atoms with van der Waals surface area (Å²) < 4.78 is 0. The SMILES string of the molecule is CC(C)c1cc(C(C)C)[nH]n1.CC(C)c1cccc(C(C)C)c1.CC(C)c1ccnc(C(C)C)n1.CC(C)c1cnc(C(C)C)s1.CC(C)c1cncc(C(C)C)c1.CC(C)c1cncc(C(C)C)n1.CC(C)c1csc(C(C)C)n1.CC(C)c1nnc(C(C)C)s1. The smallest absolute Gasteiger partial charge is 0.131 e. The molecule has 7 aromatic heterocycles. The number of H-pyrrole nitrogens is 1. The average molecular weight is 1320 g/mol. The normalized spacial score (nSPS) is 11.3. The third-order valence-electron chi connectivity index (χ3n) is 14.5. The molecule has 1 aromatic carbocycles. The van der Waals surface area contributed by atoms with Gasteiger partial charge in [-0.15, -0.1) is 44.2 Å². The van der Waals surface area contributed by atoms with Gasteiger partial charge in [-0.05, 0) is 99.5 Å². The van der Waals surface area contributed by atoms with Crippen LogP contribution in [0.5, 0.6) is 0 Å². The maximum absolute atomic E-state index is 4.53. The molecule has 0 radical (unpaired) electrons. The second-order valence-electron chi connectivity index (χ2n) is 28.8. The van der Waals surface area contributed by atoms with Gasteiger partial charge in [-0.3, -0.25) is 20.1 Å². The van der Waals surface area contributed by atoms with E-state index >= 15 is 0 Å². The van der Waals surface area contributed by atoms with Crippen LogP contribution in [0.1, 0.15) is 403 Å². The lowest BCUT2D eigenvalue weighted by molar-refractivity contribution is 0.729. The van der Waals surface area contributed by atoms with Gasteiger partial charge < -0.3 is 0 Å². The Morgan fingerprint density at radius 3 is 1.07 bits per heavy atom. The molecular formula is C78H127N11S3. The Bertz CT molecular complexity index is 2580. The Morgan fingerprint density at radius 1 is 0.315 bits per heavy atom. The van der Waals surface area contributed by atoms with E-state index in [-0.39, 0.29) is 0 Å². The predicted molar refractivity (Wildman–Crippen MR) is 403 cm³/mol. The van der Waals surface area contributed by atoms with Gasteiger partial charge in [0.1, 0.15) is 15.8 Å². The van der Waals surface area contributed by atoms with Gasteiger partial charge in [0.05, 0.1) is 32.8 Å². The fourth-order valence-corrected chi connectivity index (χ4v) is 10.4. The second kappa shape index (κ2) is 43.5. The number of benzene rings is 1. The summed E-state index contributed by atoms with van der Waals surface area (Å²) in [6.45, 7) is 69.5. The summed E-state index contributed by atoms with van der Waals surface area (Å²) in [5.74, 6) is 9.69. The van der Waals surface area contributed by atoms with Crippen LogP contribution in [0.4, 0.5) is 0 Å². The van der Waals surface area contributed by atoms with Crippen LogP contribution in [0.15, 0.2) is 85.0 Å². The first-order chi connectivity index (χ1) is 42.9. The van der Waals surface area contributed by atoms with Gasteiger partial charge in [-0.1, -0.05) is 252 Å². The maximum atomic E-state index is 4.53. The lowest BCUT2D eigenvalue weighted by Crippen LogP contribution is -2.01. The summed E-state index contributed by atoms with van der Waals surface area (Å²) in [6.07, 6.45) is 11.4. The minimum absolute atomic E-state index is 0.420. The zero-order valence-corrected chi connectivity index (χ0v) is 66.0. The van der Waals surface area contributed by atoms with E-state index in [2.05, 4.69) is 319 Å². The van der Waals surface area contributed by atoms with E-state index in [1.807, 2.05) is 54.6 Å². The molecule has 8 aromatic rings. The summed E-state index contributed by atoms with van der Waals surface area (Å²) in [4.78, 5) is 31.9. The number of thiazole rings is 2. The molecule has 7 heterocycles. The second-order valence-corrected chi connectivity index (χ2v) is 31.9. The zero-order chi connectivity index (χ0) is 70.3. The van der Waals surface area contributed by atoms with Crippen molar-refractivity contribution in [2.75, 3.05) is 0 Å². The molecule has 0 saturated carbocycles. The van der Waals surface area contributed by atoms with Crippen molar-refractivity contribution in [1.29, 1.82) is 0 Å². The number of hydrogen-bond donors (Lipinski definition) is 1. The van der Waals surface area contributed by atoms with E-state index in [9.17, 15) is 0 Å². The molecule has 0 aliphatic carbocycles. The van der Waals surface area contributed by atoms with Gasteiger partial charge >= 0.3 is 0 Å². The molecule has 11 nitrogen and oxygen atoms in total. The summed E-state index contributed by atoms with van der Waals surface area (Å²) in [5, 5.41) is 22.4. The topological polar surface area (TPSA) is 145 Å². The number of nitrogens with zero attached hydrogens (tertiary/aromatic N) is 10. The van der Waals surface area contributed by atoms with E-state index in [1.54, 1.807) is 22.7 Å². The molecular weight excluding hydrogens is 1190 g/mol. The van der Waals surface area contributed by atoms with Crippen molar-refractivity contribution < 1.29 is 0 Å². The van der Waals surface area contributed by atoms with E-state index in [1.165, 1.54) is 48.5 Å². The van der Waals surface area contributed by atoms with Gasteiger partial charge in [0.25, 0.3) is 0 Å². The molecule has 1 N–H and O–H groups in total. The van der Waals surface area contributed by atoms with Crippen LogP contribution >= 0.6 is 34.0 Å². The minimum Gasteiger partial charge on any atom is -0.282 e. The standard InChI is InChI=1S/C12H18.C11H17N.2C10H16N2.C9H16N2.2C9H15NS.C8H14N2S/c1-9(2)11-6-5-7-12(8-11)10(3)4;1-8(2)10-5-11(9(3)4)7-12-6-10;1-7(2)9-5-11-6-10(12-9)8(3)4;1-7(2)9-5-6-11-10(12-9)8(3)4;1-6(2)8-5-9(7(3)4)11-10-8;1-6(2)8-5-11-9(10-8)7(3)4;1-6(2)8-5-10-9(11-8)7(3)4;1-5(2)7-9-10-8(11-7)6(3)4/h5-10H,1-4H3;5-9H,1-4H3;2*5-8H,1-4H3;5-7H,1-4H3,(H,10,11);2*5-7H,1-4H3;5-6H,1-4H3. The van der Waals surface area contributed by atoms with E-state index < -0.39 is 0 Å². The average Bonchev–Trinajstić information content (AvgIpc) is 3.43. The summed E-state index contributed by atoms with van der Waals surface area (Å²) in [6, 6.07) is 15.3. The Labute approximate surface area is 574 Å². The van der Waals surface area contributed by atoms with Crippen LogP contribution in [-0.2, 0) is 0 Å². The van der Waals surface area contributed by atoms with Gasteiger partial charge in [0.15, 0.2) is 0 Å². The van der Waals surface area contributed by atoms with Crippen molar-refractivity contribution in [3.8, 4) is 0 Å². The number of aromatic nitrogens is 11. The van der Waals surface area contributed by atoms with Crippen molar-refractivity contribution in [1.82, 2.24) is 55.3 Å². The maximum Gasteiger partial charge on any atom is 0.131 e. The van der Waals surface area contributed by atoms with Gasteiger partial charge in [-0.25, -0.2) is 19.9 Å². The highest BCUT2D eigenvalue weighted by Crippen LogP contribution is 2.28. The van der Waals surface area contributed by atoms with Gasteiger partial charge in [-0.2, -0.15) is 5.10 Å².